The Balaban J connectivity index is 1.69. The molecule has 3 N–H and O–H groups in total. The molecule has 1 fully saturated rings. The highest BCUT2D eigenvalue weighted by molar-refractivity contribution is 8.00. The van der Waals surface area contributed by atoms with Crippen molar-refractivity contribution in [3.63, 3.8) is 0 Å². The van der Waals surface area contributed by atoms with Gasteiger partial charge in [-0.1, -0.05) is 6.42 Å². The zero-order valence-corrected chi connectivity index (χ0v) is 11.9. The molecule has 1 aromatic carbocycles. The van der Waals surface area contributed by atoms with Crippen molar-refractivity contribution in [1.82, 2.24) is 5.32 Å². The number of carbonyl (C=O) groups is 2. The number of rotatable bonds is 2. The molecule has 3 rings (SSSR count). The highest BCUT2D eigenvalue weighted by Crippen LogP contribution is 2.33. The summed E-state index contributed by atoms with van der Waals surface area (Å²) < 4.78 is 0. The molecule has 1 saturated heterocycles. The van der Waals surface area contributed by atoms with Crippen molar-refractivity contribution in [2.24, 2.45) is 0 Å². The van der Waals surface area contributed by atoms with E-state index >= 15 is 0 Å². The number of benzene rings is 1. The minimum Gasteiger partial charge on any atom is -0.325 e. The number of anilines is 2. The summed E-state index contributed by atoms with van der Waals surface area (Å²) in [6.45, 7) is 0.898. The number of amides is 2. The fourth-order valence-corrected chi connectivity index (χ4v) is 3.25. The quantitative estimate of drug-likeness (QED) is 0.777. The van der Waals surface area contributed by atoms with E-state index in [9.17, 15) is 9.59 Å². The molecule has 2 heterocycles. The van der Waals surface area contributed by atoms with Crippen LogP contribution in [0, 0.1) is 0 Å². The van der Waals surface area contributed by atoms with Crippen LogP contribution in [0.3, 0.4) is 0 Å². The van der Waals surface area contributed by atoms with E-state index in [1.165, 1.54) is 11.8 Å². The van der Waals surface area contributed by atoms with Crippen LogP contribution >= 0.6 is 11.8 Å². The van der Waals surface area contributed by atoms with Gasteiger partial charge in [0.2, 0.25) is 11.8 Å². The average Bonchev–Trinajstić information content (AvgIpc) is 2.47. The van der Waals surface area contributed by atoms with Crippen molar-refractivity contribution in [3.8, 4) is 0 Å². The third-order valence-corrected chi connectivity index (χ3v) is 4.58. The summed E-state index contributed by atoms with van der Waals surface area (Å²) in [6.07, 6.45) is 3.09. The van der Waals surface area contributed by atoms with Crippen molar-refractivity contribution in [1.29, 1.82) is 0 Å². The van der Waals surface area contributed by atoms with E-state index in [1.807, 2.05) is 18.2 Å². The van der Waals surface area contributed by atoms with E-state index in [2.05, 4.69) is 16.0 Å². The van der Waals surface area contributed by atoms with Gasteiger partial charge in [0, 0.05) is 10.6 Å². The van der Waals surface area contributed by atoms with Crippen molar-refractivity contribution in [2.75, 3.05) is 22.9 Å². The first-order valence-corrected chi connectivity index (χ1v) is 7.82. The molecular weight excluding hydrogens is 274 g/mol. The molecule has 0 radical (unpaired) electrons. The second-order valence-corrected chi connectivity index (χ2v) is 6.06. The molecule has 2 amide bonds. The number of piperidine rings is 1. The van der Waals surface area contributed by atoms with Gasteiger partial charge in [-0.15, -0.1) is 11.8 Å². The van der Waals surface area contributed by atoms with Crippen LogP contribution < -0.4 is 16.0 Å². The second-order valence-electron chi connectivity index (χ2n) is 5.04. The zero-order valence-electron chi connectivity index (χ0n) is 11.1. The Hall–Kier alpha value is -1.53. The fraction of sp³-hybridized carbons (Fsp3) is 0.429. The van der Waals surface area contributed by atoms with Crippen LogP contribution in [0.4, 0.5) is 11.4 Å². The summed E-state index contributed by atoms with van der Waals surface area (Å²) in [5.41, 5.74) is 1.50. The standard InChI is InChI=1S/C14H17N3O2S/c18-13-8-20-12-5-4-9(7-11(12)17-13)16-14(19)10-3-1-2-6-15-10/h4-5,7,10,15H,1-3,6,8H2,(H,16,19)(H,17,18). The molecule has 1 unspecified atom stereocenters. The SMILES string of the molecule is O=C1CSc2ccc(NC(=O)C3CCCCN3)cc2N1. The lowest BCUT2D eigenvalue weighted by molar-refractivity contribution is -0.118. The van der Waals surface area contributed by atoms with Crippen molar-refractivity contribution in [3.05, 3.63) is 18.2 Å². The lowest BCUT2D eigenvalue weighted by Gasteiger charge is -2.23. The smallest absolute Gasteiger partial charge is 0.241 e. The second kappa shape index (κ2) is 5.85. The molecule has 1 aromatic rings. The minimum absolute atomic E-state index is 0.0000706. The van der Waals surface area contributed by atoms with Gasteiger partial charge in [-0.05, 0) is 37.6 Å². The van der Waals surface area contributed by atoms with Gasteiger partial charge in [0.1, 0.15) is 0 Å². The molecule has 0 aromatic heterocycles. The van der Waals surface area contributed by atoms with E-state index in [-0.39, 0.29) is 17.9 Å². The predicted octanol–water partition coefficient (Wildman–Crippen LogP) is 1.81. The number of hydrogen-bond donors (Lipinski definition) is 3. The lowest BCUT2D eigenvalue weighted by atomic mass is 10.0. The van der Waals surface area contributed by atoms with Crippen LogP contribution in [0.1, 0.15) is 19.3 Å². The van der Waals surface area contributed by atoms with Gasteiger partial charge < -0.3 is 16.0 Å². The third-order valence-electron chi connectivity index (χ3n) is 3.51. The average molecular weight is 291 g/mol. The van der Waals surface area contributed by atoms with Gasteiger partial charge in [-0.3, -0.25) is 9.59 Å². The lowest BCUT2D eigenvalue weighted by Crippen LogP contribution is -2.43. The van der Waals surface area contributed by atoms with Crippen LogP contribution in [0.5, 0.6) is 0 Å². The molecule has 20 heavy (non-hydrogen) atoms. The molecular formula is C14H17N3O2S. The van der Waals surface area contributed by atoms with Crippen LogP contribution in [0.15, 0.2) is 23.1 Å². The Morgan fingerprint density at radius 1 is 1.35 bits per heavy atom. The fourth-order valence-electron chi connectivity index (χ4n) is 2.47. The van der Waals surface area contributed by atoms with Crippen LogP contribution in [0.2, 0.25) is 0 Å². The van der Waals surface area contributed by atoms with Gasteiger partial charge in [0.25, 0.3) is 0 Å². The number of nitrogens with one attached hydrogen (secondary N) is 3. The number of thioether (sulfide) groups is 1. The molecule has 0 bridgehead atoms. The zero-order chi connectivity index (χ0) is 13.9. The van der Waals surface area contributed by atoms with Crippen molar-refractivity contribution < 1.29 is 9.59 Å². The summed E-state index contributed by atoms with van der Waals surface area (Å²) in [6, 6.07) is 5.52. The Morgan fingerprint density at radius 2 is 2.25 bits per heavy atom. The summed E-state index contributed by atoms with van der Waals surface area (Å²) in [4.78, 5) is 24.6. The van der Waals surface area contributed by atoms with E-state index in [0.717, 1.165) is 42.1 Å². The molecule has 106 valence electrons. The highest BCUT2D eigenvalue weighted by Gasteiger charge is 2.21. The first-order chi connectivity index (χ1) is 9.72. The first kappa shape index (κ1) is 13.5. The molecule has 0 saturated carbocycles. The topological polar surface area (TPSA) is 70.2 Å². The van der Waals surface area contributed by atoms with E-state index in [4.69, 9.17) is 0 Å². The van der Waals surface area contributed by atoms with Crippen LogP contribution in [-0.2, 0) is 9.59 Å². The largest absolute Gasteiger partial charge is 0.325 e. The Labute approximate surface area is 121 Å². The maximum absolute atomic E-state index is 12.1. The predicted molar refractivity (Wildman–Crippen MR) is 80.1 cm³/mol. The molecule has 5 nitrogen and oxygen atoms in total. The van der Waals surface area contributed by atoms with Gasteiger partial charge in [-0.2, -0.15) is 0 Å². The highest BCUT2D eigenvalue weighted by atomic mass is 32.2. The normalized spacial score (nSPS) is 21.8. The van der Waals surface area contributed by atoms with Crippen LogP contribution in [0.25, 0.3) is 0 Å². The summed E-state index contributed by atoms with van der Waals surface area (Å²) in [7, 11) is 0. The first-order valence-electron chi connectivity index (χ1n) is 6.83. The molecule has 1 atom stereocenters. The summed E-state index contributed by atoms with van der Waals surface area (Å²) in [5, 5.41) is 8.96. The van der Waals surface area contributed by atoms with Gasteiger partial charge in [0.15, 0.2) is 0 Å². The van der Waals surface area contributed by atoms with Gasteiger partial charge in [-0.25, -0.2) is 0 Å². The molecule has 2 aliphatic rings. The summed E-state index contributed by atoms with van der Waals surface area (Å²) >= 11 is 1.52. The Morgan fingerprint density at radius 3 is 3.05 bits per heavy atom. The maximum Gasteiger partial charge on any atom is 0.241 e. The van der Waals surface area contributed by atoms with E-state index in [0.29, 0.717) is 5.75 Å². The third kappa shape index (κ3) is 2.96. The molecule has 0 spiro atoms. The summed E-state index contributed by atoms with van der Waals surface area (Å²) in [5.74, 6) is 0.449. The van der Waals surface area contributed by atoms with Gasteiger partial charge in [0.05, 0.1) is 17.5 Å². The molecule has 2 aliphatic heterocycles. The van der Waals surface area contributed by atoms with Crippen molar-refractivity contribution >= 4 is 35.0 Å². The number of carbonyl (C=O) groups excluding carboxylic acids is 2. The molecule has 0 aliphatic carbocycles. The number of hydrogen-bond acceptors (Lipinski definition) is 4. The monoisotopic (exact) mass is 291 g/mol. The Kier molecular flexibility index (Phi) is 3.93. The number of fused-ring (bicyclic) bond motifs is 1. The van der Waals surface area contributed by atoms with E-state index < -0.39 is 0 Å². The Bertz CT molecular complexity index is 541. The maximum atomic E-state index is 12.1. The minimum atomic E-state index is -0.108. The van der Waals surface area contributed by atoms with Gasteiger partial charge >= 0.3 is 0 Å². The molecule has 6 heteroatoms. The van der Waals surface area contributed by atoms with Crippen molar-refractivity contribution in [2.45, 2.75) is 30.2 Å². The van der Waals surface area contributed by atoms with E-state index in [1.54, 1.807) is 0 Å². The van der Waals surface area contributed by atoms with Crippen LogP contribution in [-0.4, -0.2) is 30.2 Å².